The van der Waals surface area contributed by atoms with Gasteiger partial charge in [0.15, 0.2) is 5.60 Å². The molecule has 7 nitrogen and oxygen atoms in total. The van der Waals surface area contributed by atoms with E-state index in [0.29, 0.717) is 29.9 Å². The number of benzene rings is 1. The molecule has 1 aromatic carbocycles. The first kappa shape index (κ1) is 17.1. The molecule has 0 radical (unpaired) electrons. The maximum absolute atomic E-state index is 13.2. The fourth-order valence-corrected chi connectivity index (χ4v) is 4.28. The molecule has 7 heteroatoms. The van der Waals surface area contributed by atoms with Gasteiger partial charge in [0.25, 0.3) is 5.56 Å². The summed E-state index contributed by atoms with van der Waals surface area (Å²) in [6.45, 7) is 2.32. The average molecular weight is 377 g/mol. The van der Waals surface area contributed by atoms with E-state index in [1.165, 1.54) is 7.11 Å². The van der Waals surface area contributed by atoms with Crippen molar-refractivity contribution >= 4 is 16.9 Å². The average Bonchev–Trinajstić information content (AvgIpc) is 3.08. The molecule has 2 aliphatic heterocycles. The summed E-state index contributed by atoms with van der Waals surface area (Å²) in [7, 11) is 1.44. The Morgan fingerprint density at radius 2 is 2.07 bits per heavy atom. The van der Waals surface area contributed by atoms with Crippen LogP contribution in [0.4, 0.5) is 0 Å². The summed E-state index contributed by atoms with van der Waals surface area (Å²) in [6.07, 6.45) is 0. The molecule has 0 spiro atoms. The molecule has 142 valence electrons. The van der Waals surface area contributed by atoms with Crippen molar-refractivity contribution in [2.24, 2.45) is 5.73 Å². The fraction of sp³-hybridized carbons (Fsp3) is 0.286. The van der Waals surface area contributed by atoms with E-state index in [2.05, 4.69) is 0 Å². The Labute approximate surface area is 160 Å². The van der Waals surface area contributed by atoms with Crippen LogP contribution in [0.15, 0.2) is 35.1 Å². The molecule has 0 saturated heterocycles. The van der Waals surface area contributed by atoms with Gasteiger partial charge in [-0.15, -0.1) is 0 Å². The molecule has 0 saturated carbocycles. The SMILES string of the molecule is CO[C@]1(C)C(=O)OCc2c1cc1n(c2=O)Cc2c-1nc1ccccc1c2CN. The first-order valence-electron chi connectivity index (χ1n) is 9.10. The Kier molecular flexibility index (Phi) is 3.50. The van der Waals surface area contributed by atoms with Crippen LogP contribution in [0.1, 0.15) is 29.2 Å². The number of cyclic esters (lactones) is 1. The second-order valence-electron chi connectivity index (χ2n) is 7.27. The molecule has 1 atom stereocenters. The van der Waals surface area contributed by atoms with Crippen LogP contribution in [0.2, 0.25) is 0 Å². The Hall–Kier alpha value is -3.03. The van der Waals surface area contributed by atoms with Gasteiger partial charge in [0.2, 0.25) is 0 Å². The van der Waals surface area contributed by atoms with Gasteiger partial charge < -0.3 is 19.8 Å². The molecule has 3 aromatic rings. The minimum Gasteiger partial charge on any atom is -0.458 e. The second kappa shape index (κ2) is 5.73. The van der Waals surface area contributed by atoms with Crippen molar-refractivity contribution in [3.05, 3.63) is 62.9 Å². The number of rotatable bonds is 2. The standard InChI is InChI=1S/C21H19N3O4/c1-21(27-2)15-7-17-18-13(9-24(17)19(25)14(15)10-28-20(21)26)12(8-22)11-5-3-4-6-16(11)23-18/h3-7H,8-10,22H2,1-2H3/t21-/m0/s1. The van der Waals surface area contributed by atoms with Gasteiger partial charge in [-0.1, -0.05) is 18.2 Å². The number of nitrogens with two attached hydrogens (primary N) is 1. The lowest BCUT2D eigenvalue weighted by atomic mass is 9.89. The van der Waals surface area contributed by atoms with Crippen LogP contribution in [0, 0.1) is 0 Å². The topological polar surface area (TPSA) is 96.4 Å². The van der Waals surface area contributed by atoms with E-state index in [9.17, 15) is 9.59 Å². The summed E-state index contributed by atoms with van der Waals surface area (Å²) in [5.74, 6) is -0.501. The highest BCUT2D eigenvalue weighted by atomic mass is 16.6. The summed E-state index contributed by atoms with van der Waals surface area (Å²) in [4.78, 5) is 30.4. The summed E-state index contributed by atoms with van der Waals surface area (Å²) < 4.78 is 12.4. The van der Waals surface area contributed by atoms with E-state index in [0.717, 1.165) is 27.7 Å². The van der Waals surface area contributed by atoms with Gasteiger partial charge in [-0.3, -0.25) is 4.79 Å². The van der Waals surface area contributed by atoms with Gasteiger partial charge in [-0.25, -0.2) is 9.78 Å². The quantitative estimate of drug-likeness (QED) is 0.535. The van der Waals surface area contributed by atoms with E-state index in [1.54, 1.807) is 11.5 Å². The predicted octanol–water partition coefficient (Wildman–Crippen LogP) is 1.80. The molecule has 0 amide bonds. The summed E-state index contributed by atoms with van der Waals surface area (Å²) >= 11 is 0. The fourth-order valence-electron chi connectivity index (χ4n) is 4.28. The van der Waals surface area contributed by atoms with Gasteiger partial charge in [-0.05, 0) is 24.6 Å². The number of fused-ring (bicyclic) bond motifs is 5. The van der Waals surface area contributed by atoms with Crippen LogP contribution < -0.4 is 11.3 Å². The molecule has 0 unspecified atom stereocenters. The van der Waals surface area contributed by atoms with Crippen LogP contribution in [-0.2, 0) is 39.6 Å². The van der Waals surface area contributed by atoms with Gasteiger partial charge in [0.1, 0.15) is 6.61 Å². The van der Waals surface area contributed by atoms with Crippen molar-refractivity contribution in [3.8, 4) is 11.4 Å². The first-order valence-corrected chi connectivity index (χ1v) is 9.10. The zero-order chi connectivity index (χ0) is 19.6. The van der Waals surface area contributed by atoms with E-state index < -0.39 is 11.6 Å². The maximum atomic E-state index is 13.2. The van der Waals surface area contributed by atoms with Crippen LogP contribution in [0.5, 0.6) is 0 Å². The number of esters is 1. The molecule has 4 heterocycles. The molecular weight excluding hydrogens is 358 g/mol. The lowest BCUT2D eigenvalue weighted by molar-refractivity contribution is -0.173. The molecular formula is C21H19N3O4. The number of hydrogen-bond donors (Lipinski definition) is 1. The first-order chi connectivity index (χ1) is 13.5. The number of para-hydroxylation sites is 1. The zero-order valence-electron chi connectivity index (χ0n) is 15.6. The smallest absolute Gasteiger partial charge is 0.343 e. The molecule has 28 heavy (non-hydrogen) atoms. The summed E-state index contributed by atoms with van der Waals surface area (Å²) in [5, 5.41) is 0.995. The minimum atomic E-state index is -1.32. The van der Waals surface area contributed by atoms with Crippen molar-refractivity contribution in [1.82, 2.24) is 9.55 Å². The molecule has 2 aromatic heterocycles. The number of carbonyl (C=O) groups excluding carboxylic acids is 1. The van der Waals surface area contributed by atoms with Crippen molar-refractivity contribution in [2.45, 2.75) is 32.2 Å². The Morgan fingerprint density at radius 1 is 1.29 bits per heavy atom. The number of aromatic nitrogens is 2. The maximum Gasteiger partial charge on any atom is 0.343 e. The number of hydrogen-bond acceptors (Lipinski definition) is 6. The largest absolute Gasteiger partial charge is 0.458 e. The molecule has 2 N–H and O–H groups in total. The monoisotopic (exact) mass is 377 g/mol. The number of methoxy groups -OCH3 is 1. The van der Waals surface area contributed by atoms with Gasteiger partial charge in [-0.2, -0.15) is 0 Å². The van der Waals surface area contributed by atoms with Crippen LogP contribution in [0.3, 0.4) is 0 Å². The predicted molar refractivity (Wildman–Crippen MR) is 103 cm³/mol. The Bertz CT molecular complexity index is 1230. The third-order valence-electron chi connectivity index (χ3n) is 5.93. The molecule has 0 fully saturated rings. The molecule has 0 aliphatic carbocycles. The van der Waals surface area contributed by atoms with Crippen LogP contribution in [0.25, 0.3) is 22.3 Å². The number of nitrogens with zero attached hydrogens (tertiary/aromatic N) is 2. The van der Waals surface area contributed by atoms with Crippen LogP contribution in [-0.4, -0.2) is 22.6 Å². The highest BCUT2D eigenvalue weighted by molar-refractivity contribution is 5.89. The third-order valence-corrected chi connectivity index (χ3v) is 5.93. The van der Waals surface area contributed by atoms with E-state index in [-0.39, 0.29) is 12.2 Å². The number of ether oxygens (including phenoxy) is 2. The molecule has 2 aliphatic rings. The van der Waals surface area contributed by atoms with E-state index in [4.69, 9.17) is 20.2 Å². The van der Waals surface area contributed by atoms with Gasteiger partial charge in [0, 0.05) is 30.2 Å². The lowest BCUT2D eigenvalue weighted by Crippen LogP contribution is -2.44. The molecule has 0 bridgehead atoms. The number of carbonyl (C=O) groups is 1. The van der Waals surface area contributed by atoms with Crippen molar-refractivity contribution in [1.29, 1.82) is 0 Å². The van der Waals surface area contributed by atoms with Crippen LogP contribution >= 0.6 is 0 Å². The van der Waals surface area contributed by atoms with E-state index >= 15 is 0 Å². The number of pyridine rings is 2. The van der Waals surface area contributed by atoms with Gasteiger partial charge in [0.05, 0.1) is 29.0 Å². The normalized spacial score (nSPS) is 19.9. The highest BCUT2D eigenvalue weighted by Gasteiger charge is 2.45. The minimum absolute atomic E-state index is 0.0538. The van der Waals surface area contributed by atoms with Crippen molar-refractivity contribution in [2.75, 3.05) is 7.11 Å². The lowest BCUT2D eigenvalue weighted by Gasteiger charge is -2.32. The van der Waals surface area contributed by atoms with Crippen molar-refractivity contribution < 1.29 is 14.3 Å². The summed E-state index contributed by atoms with van der Waals surface area (Å²) in [5.41, 5.74) is 9.72. The Balaban J connectivity index is 1.84. The third kappa shape index (κ3) is 2.03. The van der Waals surface area contributed by atoms with E-state index in [1.807, 2.05) is 30.3 Å². The molecule has 5 rings (SSSR count). The van der Waals surface area contributed by atoms with Gasteiger partial charge >= 0.3 is 5.97 Å². The zero-order valence-corrected chi connectivity index (χ0v) is 15.6. The highest BCUT2D eigenvalue weighted by Crippen LogP contribution is 2.39. The van der Waals surface area contributed by atoms with Crippen molar-refractivity contribution in [3.63, 3.8) is 0 Å². The Morgan fingerprint density at radius 3 is 2.82 bits per heavy atom. The summed E-state index contributed by atoms with van der Waals surface area (Å²) in [6, 6.07) is 9.65. The second-order valence-corrected chi connectivity index (χ2v) is 7.27.